The first-order valence-electron chi connectivity index (χ1n) is 5.70. The maximum absolute atomic E-state index is 13.6. The van der Waals surface area contributed by atoms with Crippen LogP contribution in [0.15, 0.2) is 12.3 Å². The van der Waals surface area contributed by atoms with Gasteiger partial charge >= 0.3 is 6.55 Å². The Morgan fingerprint density at radius 1 is 1.37 bits per heavy atom. The van der Waals surface area contributed by atoms with Crippen LogP contribution in [-0.2, 0) is 20.1 Å². The third-order valence-electron chi connectivity index (χ3n) is 2.81. The second-order valence-corrected chi connectivity index (χ2v) is 4.13. The quantitative estimate of drug-likeness (QED) is 0.902. The summed E-state index contributed by atoms with van der Waals surface area (Å²) in [5.41, 5.74) is 1.36. The van der Waals surface area contributed by atoms with Crippen molar-refractivity contribution in [1.29, 1.82) is 0 Å². The molecule has 2 rings (SSSR count). The number of hydrogen-bond acceptors (Lipinski definition) is 3. The van der Waals surface area contributed by atoms with Crippen LogP contribution in [0.5, 0.6) is 0 Å². The van der Waals surface area contributed by atoms with Gasteiger partial charge in [-0.05, 0) is 13.0 Å². The Kier molecular flexibility index (Phi) is 3.89. The molecule has 0 saturated carbocycles. The van der Waals surface area contributed by atoms with E-state index in [1.807, 2.05) is 0 Å². The SMILES string of the molecule is Cc1nn(C)c(F)c1CNCc1ccnn1C(F)F. The number of nitrogens with zero attached hydrogens (tertiary/aromatic N) is 4. The van der Waals surface area contributed by atoms with Crippen LogP contribution < -0.4 is 5.32 Å². The molecule has 1 N–H and O–H groups in total. The number of aromatic nitrogens is 4. The molecule has 0 fully saturated rings. The Hall–Kier alpha value is -1.83. The van der Waals surface area contributed by atoms with Crippen LogP contribution in [0.3, 0.4) is 0 Å². The Morgan fingerprint density at radius 2 is 2.11 bits per heavy atom. The highest BCUT2D eigenvalue weighted by molar-refractivity contribution is 5.17. The van der Waals surface area contributed by atoms with Crippen molar-refractivity contribution in [2.45, 2.75) is 26.6 Å². The lowest BCUT2D eigenvalue weighted by atomic mass is 10.2. The Labute approximate surface area is 108 Å². The molecule has 0 unspecified atom stereocenters. The second kappa shape index (κ2) is 5.43. The smallest absolute Gasteiger partial charge is 0.307 e. The minimum atomic E-state index is -2.68. The van der Waals surface area contributed by atoms with Crippen molar-refractivity contribution in [3.05, 3.63) is 35.2 Å². The van der Waals surface area contributed by atoms with Gasteiger partial charge in [0.1, 0.15) is 0 Å². The molecule has 2 aromatic heterocycles. The number of alkyl halides is 2. The van der Waals surface area contributed by atoms with E-state index < -0.39 is 12.5 Å². The van der Waals surface area contributed by atoms with E-state index in [9.17, 15) is 13.2 Å². The minimum Gasteiger partial charge on any atom is -0.307 e. The van der Waals surface area contributed by atoms with E-state index in [-0.39, 0.29) is 13.1 Å². The van der Waals surface area contributed by atoms with Gasteiger partial charge in [0.15, 0.2) is 0 Å². The topological polar surface area (TPSA) is 47.7 Å². The highest BCUT2D eigenvalue weighted by Gasteiger charge is 2.14. The van der Waals surface area contributed by atoms with Crippen LogP contribution in [0.2, 0.25) is 0 Å². The second-order valence-electron chi connectivity index (χ2n) is 4.13. The molecule has 2 aromatic rings. The largest absolute Gasteiger partial charge is 0.333 e. The van der Waals surface area contributed by atoms with Crippen molar-refractivity contribution < 1.29 is 13.2 Å². The van der Waals surface area contributed by atoms with E-state index >= 15 is 0 Å². The van der Waals surface area contributed by atoms with Crippen molar-refractivity contribution >= 4 is 0 Å². The van der Waals surface area contributed by atoms with E-state index in [0.717, 1.165) is 4.68 Å². The lowest BCUT2D eigenvalue weighted by molar-refractivity contribution is 0.0531. The first-order valence-corrected chi connectivity index (χ1v) is 5.70. The van der Waals surface area contributed by atoms with Gasteiger partial charge in [-0.1, -0.05) is 0 Å². The van der Waals surface area contributed by atoms with Crippen LogP contribution in [0.1, 0.15) is 23.5 Å². The van der Waals surface area contributed by atoms with Gasteiger partial charge in [-0.15, -0.1) is 0 Å². The van der Waals surface area contributed by atoms with Gasteiger partial charge in [0.25, 0.3) is 0 Å². The molecule has 104 valence electrons. The monoisotopic (exact) mass is 273 g/mol. The van der Waals surface area contributed by atoms with Crippen LogP contribution in [0.4, 0.5) is 13.2 Å². The van der Waals surface area contributed by atoms with E-state index in [0.29, 0.717) is 21.6 Å². The summed E-state index contributed by atoms with van der Waals surface area (Å²) in [5, 5.41) is 10.4. The Balaban J connectivity index is 1.98. The zero-order valence-electron chi connectivity index (χ0n) is 10.6. The maximum atomic E-state index is 13.6. The first kappa shape index (κ1) is 13.6. The van der Waals surface area contributed by atoms with Crippen molar-refractivity contribution in [2.24, 2.45) is 7.05 Å². The number of halogens is 3. The number of hydrogen-bond donors (Lipinski definition) is 1. The van der Waals surface area contributed by atoms with Gasteiger partial charge in [-0.2, -0.15) is 23.4 Å². The lowest BCUT2D eigenvalue weighted by Gasteiger charge is -2.07. The molecule has 8 heteroatoms. The molecule has 0 bridgehead atoms. The molecule has 0 atom stereocenters. The molecule has 0 aliphatic carbocycles. The van der Waals surface area contributed by atoms with Crippen molar-refractivity contribution in [1.82, 2.24) is 24.9 Å². The summed E-state index contributed by atoms with van der Waals surface area (Å²) in [6.07, 6.45) is 1.30. The zero-order chi connectivity index (χ0) is 14.0. The van der Waals surface area contributed by atoms with Gasteiger partial charge in [0, 0.05) is 31.9 Å². The molecular formula is C11H14F3N5. The summed E-state index contributed by atoms with van der Waals surface area (Å²) in [7, 11) is 1.51. The van der Waals surface area contributed by atoms with Gasteiger partial charge in [-0.25, -0.2) is 9.36 Å². The molecule has 0 amide bonds. The zero-order valence-corrected chi connectivity index (χ0v) is 10.6. The third kappa shape index (κ3) is 2.78. The summed E-state index contributed by atoms with van der Waals surface area (Å²) >= 11 is 0. The predicted octanol–water partition coefficient (Wildman–Crippen LogP) is 1.75. The Bertz CT molecular complexity index is 561. The van der Waals surface area contributed by atoms with Crippen molar-refractivity contribution in [3.63, 3.8) is 0 Å². The number of nitrogens with one attached hydrogen (secondary N) is 1. The van der Waals surface area contributed by atoms with E-state index in [1.165, 1.54) is 19.3 Å². The molecule has 2 heterocycles. The van der Waals surface area contributed by atoms with Crippen molar-refractivity contribution in [3.8, 4) is 0 Å². The lowest BCUT2D eigenvalue weighted by Crippen LogP contribution is -2.17. The first-order chi connectivity index (χ1) is 9.00. The third-order valence-corrected chi connectivity index (χ3v) is 2.81. The summed E-state index contributed by atoms with van der Waals surface area (Å²) in [6, 6.07) is 1.49. The highest BCUT2D eigenvalue weighted by Crippen LogP contribution is 2.13. The highest BCUT2D eigenvalue weighted by atomic mass is 19.3. The van der Waals surface area contributed by atoms with Gasteiger partial charge < -0.3 is 5.32 Å². The molecule has 0 aromatic carbocycles. The summed E-state index contributed by atoms with van der Waals surface area (Å²) in [6.45, 7) is -0.578. The summed E-state index contributed by atoms with van der Waals surface area (Å²) in [5.74, 6) is -0.424. The molecule has 19 heavy (non-hydrogen) atoms. The molecule has 0 aliphatic heterocycles. The average molecular weight is 273 g/mol. The summed E-state index contributed by atoms with van der Waals surface area (Å²) < 4.78 is 40.5. The fourth-order valence-corrected chi connectivity index (χ4v) is 1.85. The Morgan fingerprint density at radius 3 is 2.68 bits per heavy atom. The molecule has 0 saturated heterocycles. The van der Waals surface area contributed by atoms with E-state index in [2.05, 4.69) is 15.5 Å². The van der Waals surface area contributed by atoms with Gasteiger partial charge in [0.2, 0.25) is 5.95 Å². The number of rotatable bonds is 5. The van der Waals surface area contributed by atoms with Crippen LogP contribution in [-0.4, -0.2) is 19.6 Å². The molecule has 5 nitrogen and oxygen atoms in total. The van der Waals surface area contributed by atoms with E-state index in [4.69, 9.17) is 0 Å². The van der Waals surface area contributed by atoms with Crippen LogP contribution in [0.25, 0.3) is 0 Å². The van der Waals surface area contributed by atoms with Crippen LogP contribution in [0, 0.1) is 12.9 Å². The fourth-order valence-electron chi connectivity index (χ4n) is 1.85. The van der Waals surface area contributed by atoms with Crippen LogP contribution >= 0.6 is 0 Å². The molecule has 0 aliphatic rings. The van der Waals surface area contributed by atoms with E-state index in [1.54, 1.807) is 6.92 Å². The van der Waals surface area contributed by atoms with Gasteiger partial charge in [-0.3, -0.25) is 0 Å². The molecular weight excluding hydrogens is 259 g/mol. The molecule has 0 radical (unpaired) electrons. The fraction of sp³-hybridized carbons (Fsp3) is 0.455. The average Bonchev–Trinajstić information content (AvgIpc) is 2.89. The summed E-state index contributed by atoms with van der Waals surface area (Å²) in [4.78, 5) is 0. The number of aryl methyl sites for hydroxylation is 2. The van der Waals surface area contributed by atoms with Crippen molar-refractivity contribution in [2.75, 3.05) is 0 Å². The normalized spacial score (nSPS) is 11.5. The maximum Gasteiger partial charge on any atom is 0.333 e. The standard InChI is InChI=1S/C11H14F3N5/c1-7-9(10(12)18(2)17-7)6-15-5-8-3-4-16-19(8)11(13)14/h3-4,11,15H,5-6H2,1-2H3. The predicted molar refractivity (Wildman–Crippen MR) is 61.9 cm³/mol. The molecule has 0 spiro atoms. The minimum absolute atomic E-state index is 0.179. The van der Waals surface area contributed by atoms with Gasteiger partial charge in [0.05, 0.1) is 11.4 Å².